The summed E-state index contributed by atoms with van der Waals surface area (Å²) in [6.07, 6.45) is 15.8. The van der Waals surface area contributed by atoms with E-state index in [0.717, 1.165) is 35.2 Å². The first-order chi connectivity index (χ1) is 15.6. The van der Waals surface area contributed by atoms with Crippen molar-refractivity contribution >= 4 is 23.5 Å². The first-order valence-corrected chi connectivity index (χ1v) is 14.7. The first-order valence-electron chi connectivity index (χ1n) is 12.6. The van der Waals surface area contributed by atoms with E-state index in [9.17, 15) is 8.78 Å². The van der Waals surface area contributed by atoms with Crippen LogP contribution in [0.15, 0.2) is 24.3 Å². The zero-order valence-corrected chi connectivity index (χ0v) is 21.2. The molecule has 0 aromatic heterocycles. The molecule has 0 radical (unpaired) electrons. The molecule has 2 aliphatic carbocycles. The van der Waals surface area contributed by atoms with Crippen LogP contribution in [-0.2, 0) is 0 Å². The Morgan fingerprint density at radius 1 is 0.844 bits per heavy atom. The largest absolute Gasteiger partial charge is 0.491 e. The van der Waals surface area contributed by atoms with Crippen molar-refractivity contribution in [1.82, 2.24) is 0 Å². The number of rotatable bonds is 6. The number of ether oxygens (including phenoxy) is 1. The lowest BCUT2D eigenvalue weighted by molar-refractivity contribution is 0.140. The molecule has 0 bridgehead atoms. The van der Waals surface area contributed by atoms with Crippen LogP contribution in [0, 0.1) is 41.2 Å². The van der Waals surface area contributed by atoms with Crippen LogP contribution in [0.3, 0.4) is 0 Å². The smallest absolute Gasteiger partial charge is 0.200 e. The number of benzene rings is 1. The molecule has 4 rings (SSSR count). The van der Waals surface area contributed by atoms with Crippen molar-refractivity contribution in [2.24, 2.45) is 29.6 Å². The second-order valence-corrected chi connectivity index (χ2v) is 12.4. The van der Waals surface area contributed by atoms with Crippen LogP contribution < -0.4 is 4.74 Å². The topological polar surface area (TPSA) is 9.23 Å². The minimum absolute atomic E-state index is 0.0138. The SMILES string of the molecule is C/C=C/C1CCC(C2CCC(C3CSC(c4ccc(OCC)c(F)c4F)SC3)CC2)CC1. The lowest BCUT2D eigenvalue weighted by Crippen LogP contribution is -2.30. The highest BCUT2D eigenvalue weighted by molar-refractivity contribution is 8.16. The fourth-order valence-electron chi connectivity index (χ4n) is 6.13. The van der Waals surface area contributed by atoms with Crippen molar-refractivity contribution in [2.75, 3.05) is 18.1 Å². The minimum Gasteiger partial charge on any atom is -0.491 e. The molecule has 3 fully saturated rings. The number of hydrogen-bond donors (Lipinski definition) is 0. The number of hydrogen-bond acceptors (Lipinski definition) is 3. The third kappa shape index (κ3) is 5.68. The van der Waals surface area contributed by atoms with Crippen LogP contribution in [-0.4, -0.2) is 18.1 Å². The van der Waals surface area contributed by atoms with Crippen molar-refractivity contribution in [2.45, 2.75) is 69.8 Å². The van der Waals surface area contributed by atoms with E-state index in [1.54, 1.807) is 42.6 Å². The predicted octanol–water partition coefficient (Wildman–Crippen LogP) is 8.65. The van der Waals surface area contributed by atoms with Gasteiger partial charge in [-0.1, -0.05) is 18.2 Å². The first kappa shape index (κ1) is 24.4. The van der Waals surface area contributed by atoms with E-state index >= 15 is 0 Å². The molecule has 1 aliphatic heterocycles. The van der Waals surface area contributed by atoms with Gasteiger partial charge in [0.15, 0.2) is 11.6 Å². The molecule has 1 aromatic carbocycles. The van der Waals surface area contributed by atoms with Crippen LogP contribution in [0.4, 0.5) is 8.78 Å². The Morgan fingerprint density at radius 3 is 1.97 bits per heavy atom. The van der Waals surface area contributed by atoms with Gasteiger partial charge in [-0.3, -0.25) is 0 Å². The third-order valence-electron chi connectivity index (χ3n) is 7.98. The van der Waals surface area contributed by atoms with Gasteiger partial charge in [0.25, 0.3) is 0 Å². The quantitative estimate of drug-likeness (QED) is 0.377. The highest BCUT2D eigenvalue weighted by Crippen LogP contribution is 2.51. The molecular formula is C27H38F2OS2. The van der Waals surface area contributed by atoms with Gasteiger partial charge in [0.1, 0.15) is 0 Å². The van der Waals surface area contributed by atoms with Crippen LogP contribution in [0.1, 0.15) is 75.4 Å². The van der Waals surface area contributed by atoms with Gasteiger partial charge in [-0.2, -0.15) is 4.39 Å². The van der Waals surface area contributed by atoms with Crippen LogP contribution in [0.2, 0.25) is 0 Å². The molecule has 32 heavy (non-hydrogen) atoms. The fraction of sp³-hybridized carbons (Fsp3) is 0.704. The van der Waals surface area contributed by atoms with Crippen LogP contribution >= 0.6 is 23.5 Å². The van der Waals surface area contributed by atoms with E-state index in [1.165, 1.54) is 51.4 Å². The second kappa shape index (κ2) is 11.6. The maximum absolute atomic E-state index is 14.6. The Kier molecular flexibility index (Phi) is 8.89. The summed E-state index contributed by atoms with van der Waals surface area (Å²) in [5, 5.41) is 0. The molecule has 1 saturated heterocycles. The molecule has 0 spiro atoms. The number of thioether (sulfide) groups is 2. The second-order valence-electron chi connectivity index (χ2n) is 9.85. The normalized spacial score (nSPS) is 34.0. The Morgan fingerprint density at radius 2 is 1.41 bits per heavy atom. The molecule has 1 aromatic rings. The molecule has 178 valence electrons. The predicted molar refractivity (Wildman–Crippen MR) is 134 cm³/mol. The van der Waals surface area contributed by atoms with Gasteiger partial charge in [0, 0.05) is 5.56 Å². The molecule has 3 aliphatic rings. The van der Waals surface area contributed by atoms with E-state index < -0.39 is 11.6 Å². The molecule has 1 heterocycles. The van der Waals surface area contributed by atoms with Crippen LogP contribution in [0.25, 0.3) is 0 Å². The summed E-state index contributed by atoms with van der Waals surface area (Å²) in [5.74, 6) is 4.82. The summed E-state index contributed by atoms with van der Waals surface area (Å²) in [6, 6.07) is 3.29. The zero-order valence-electron chi connectivity index (χ0n) is 19.5. The van der Waals surface area contributed by atoms with Gasteiger partial charge in [-0.05, 0) is 112 Å². The summed E-state index contributed by atoms with van der Waals surface area (Å²) < 4.78 is 34.1. The molecular weight excluding hydrogens is 442 g/mol. The molecule has 1 nitrogen and oxygen atoms in total. The van der Waals surface area contributed by atoms with Gasteiger partial charge >= 0.3 is 0 Å². The zero-order chi connectivity index (χ0) is 22.5. The van der Waals surface area contributed by atoms with E-state index in [4.69, 9.17) is 4.74 Å². The molecule has 2 saturated carbocycles. The average molecular weight is 481 g/mol. The summed E-state index contributed by atoms with van der Waals surface area (Å²) in [5.41, 5.74) is 0.483. The van der Waals surface area contributed by atoms with Gasteiger partial charge < -0.3 is 4.74 Å². The Balaban J connectivity index is 1.24. The van der Waals surface area contributed by atoms with E-state index in [0.29, 0.717) is 18.1 Å². The van der Waals surface area contributed by atoms with Gasteiger partial charge in [-0.25, -0.2) is 4.39 Å². The maximum atomic E-state index is 14.6. The molecule has 0 amide bonds. The Hall–Kier alpha value is -0.680. The molecule has 5 heteroatoms. The molecule has 0 atom stereocenters. The Bertz CT molecular complexity index is 759. The fourth-order valence-corrected chi connectivity index (χ4v) is 9.49. The van der Waals surface area contributed by atoms with E-state index in [2.05, 4.69) is 19.1 Å². The molecule has 0 unspecified atom stereocenters. The van der Waals surface area contributed by atoms with E-state index in [1.807, 2.05) is 0 Å². The summed E-state index contributed by atoms with van der Waals surface area (Å²) in [4.78, 5) is 0. The van der Waals surface area contributed by atoms with Gasteiger partial charge in [0.05, 0.1) is 11.2 Å². The average Bonchev–Trinajstić information content (AvgIpc) is 2.83. The summed E-state index contributed by atoms with van der Waals surface area (Å²) >= 11 is 3.61. The van der Waals surface area contributed by atoms with Crippen molar-refractivity contribution in [3.63, 3.8) is 0 Å². The highest BCUT2D eigenvalue weighted by atomic mass is 32.2. The third-order valence-corrected chi connectivity index (χ3v) is 11.2. The van der Waals surface area contributed by atoms with Gasteiger partial charge in [0.2, 0.25) is 5.82 Å². The Labute approximate surface area is 201 Å². The van der Waals surface area contributed by atoms with Crippen molar-refractivity contribution in [1.29, 1.82) is 0 Å². The van der Waals surface area contributed by atoms with Gasteiger partial charge in [-0.15, -0.1) is 23.5 Å². The van der Waals surface area contributed by atoms with Crippen molar-refractivity contribution in [3.8, 4) is 5.75 Å². The standard InChI is InChI=1S/C27H38F2OS2/c1-3-5-18-6-8-19(9-7-18)20-10-12-21(13-11-20)22-16-31-27(32-17-22)23-14-15-24(30-4-2)26(29)25(23)28/h3,5,14-15,18-22,27H,4,6-13,16-17H2,1-2H3/b5-3+. The van der Waals surface area contributed by atoms with Crippen molar-refractivity contribution in [3.05, 3.63) is 41.5 Å². The summed E-state index contributed by atoms with van der Waals surface area (Å²) in [6.45, 7) is 4.26. The minimum atomic E-state index is -0.842. The van der Waals surface area contributed by atoms with E-state index in [-0.39, 0.29) is 10.3 Å². The number of halogens is 2. The lowest BCUT2D eigenvalue weighted by Gasteiger charge is -2.41. The van der Waals surface area contributed by atoms with Crippen LogP contribution in [0.5, 0.6) is 5.75 Å². The highest BCUT2D eigenvalue weighted by Gasteiger charge is 2.36. The maximum Gasteiger partial charge on any atom is 0.200 e. The monoisotopic (exact) mass is 480 g/mol. The summed E-state index contributed by atoms with van der Waals surface area (Å²) in [7, 11) is 0. The lowest BCUT2D eigenvalue weighted by atomic mass is 9.67. The number of allylic oxidation sites excluding steroid dienone is 2. The molecule has 0 N–H and O–H groups in total. The van der Waals surface area contributed by atoms with Crippen molar-refractivity contribution < 1.29 is 13.5 Å².